The van der Waals surface area contributed by atoms with Gasteiger partial charge in [-0.15, -0.1) is 11.8 Å². The molecule has 0 aliphatic rings. The molecule has 0 spiro atoms. The molecule has 1 rings (SSSR count). The summed E-state index contributed by atoms with van der Waals surface area (Å²) in [4.78, 5) is 7.93. The third-order valence-corrected chi connectivity index (χ3v) is 2.24. The van der Waals surface area contributed by atoms with E-state index < -0.39 is 0 Å². The van der Waals surface area contributed by atoms with Crippen molar-refractivity contribution in [3.8, 4) is 6.07 Å². The zero-order valence-electron chi connectivity index (χ0n) is 7.23. The molecule has 0 radical (unpaired) electrons. The molecule has 1 aromatic rings. The molecule has 0 atom stereocenters. The van der Waals surface area contributed by atoms with E-state index in [-0.39, 0.29) is 0 Å². The molecule has 1 heterocycles. The van der Waals surface area contributed by atoms with Gasteiger partial charge in [-0.1, -0.05) is 0 Å². The van der Waals surface area contributed by atoms with Crippen molar-refractivity contribution in [1.29, 1.82) is 5.26 Å². The molecule has 0 amide bonds. The van der Waals surface area contributed by atoms with Crippen molar-refractivity contribution < 1.29 is 4.74 Å². The van der Waals surface area contributed by atoms with Crippen LogP contribution in [0.3, 0.4) is 0 Å². The summed E-state index contributed by atoms with van der Waals surface area (Å²) in [6.45, 7) is 0.645. The lowest BCUT2D eigenvalue weighted by atomic mass is 10.5. The molecule has 5 heteroatoms. The first-order chi connectivity index (χ1) is 6.38. The van der Waals surface area contributed by atoms with E-state index >= 15 is 0 Å². The topological polar surface area (TPSA) is 58.8 Å². The number of nitrogens with zero attached hydrogens (tertiary/aromatic N) is 3. The minimum Gasteiger partial charge on any atom is -0.384 e. The van der Waals surface area contributed by atoms with E-state index in [2.05, 4.69) is 9.97 Å². The quantitative estimate of drug-likeness (QED) is 0.531. The fourth-order valence-corrected chi connectivity index (χ4v) is 1.54. The van der Waals surface area contributed by atoms with Crippen LogP contribution in [-0.4, -0.2) is 29.4 Å². The molecule has 0 N–H and O–H groups in total. The highest BCUT2D eigenvalue weighted by atomic mass is 32.2. The molecule has 68 valence electrons. The Hall–Kier alpha value is -1.12. The molecule has 13 heavy (non-hydrogen) atoms. The Morgan fingerprint density at radius 2 is 2.31 bits per heavy atom. The van der Waals surface area contributed by atoms with E-state index in [1.807, 2.05) is 6.07 Å². The van der Waals surface area contributed by atoms with E-state index in [4.69, 9.17) is 10.00 Å². The van der Waals surface area contributed by atoms with E-state index in [0.29, 0.717) is 17.3 Å². The van der Waals surface area contributed by atoms with Gasteiger partial charge in [-0.2, -0.15) is 5.26 Å². The number of hydrogen-bond acceptors (Lipinski definition) is 5. The zero-order valence-corrected chi connectivity index (χ0v) is 8.04. The number of methoxy groups -OCH3 is 1. The fourth-order valence-electron chi connectivity index (χ4n) is 0.729. The summed E-state index contributed by atoms with van der Waals surface area (Å²) in [5.41, 5.74) is 0.378. The smallest absolute Gasteiger partial charge is 0.172 e. The molecule has 0 aliphatic heterocycles. The molecule has 1 aromatic heterocycles. The molecule has 0 bridgehead atoms. The van der Waals surface area contributed by atoms with Crippen molar-refractivity contribution in [2.75, 3.05) is 19.5 Å². The molecular weight excluding hydrogens is 186 g/mol. The van der Waals surface area contributed by atoms with E-state index in [9.17, 15) is 0 Å². The van der Waals surface area contributed by atoms with Crippen molar-refractivity contribution in [3.63, 3.8) is 0 Å². The van der Waals surface area contributed by atoms with Crippen LogP contribution < -0.4 is 0 Å². The van der Waals surface area contributed by atoms with Crippen LogP contribution in [0.2, 0.25) is 0 Å². The molecular formula is C8H9N3OS. The van der Waals surface area contributed by atoms with Gasteiger partial charge in [0.25, 0.3) is 0 Å². The maximum absolute atomic E-state index is 8.68. The zero-order chi connectivity index (χ0) is 9.52. The number of thioether (sulfide) groups is 1. The second-order valence-corrected chi connectivity index (χ2v) is 3.25. The SMILES string of the molecule is COCCSc1nccnc1C#N. The van der Waals surface area contributed by atoms with Gasteiger partial charge >= 0.3 is 0 Å². The van der Waals surface area contributed by atoms with Gasteiger partial charge in [0.15, 0.2) is 5.69 Å². The van der Waals surface area contributed by atoms with Gasteiger partial charge in [-0.25, -0.2) is 9.97 Å². The van der Waals surface area contributed by atoms with Gasteiger partial charge in [0, 0.05) is 25.3 Å². The summed E-state index contributed by atoms with van der Waals surface area (Å²) < 4.78 is 4.89. The highest BCUT2D eigenvalue weighted by molar-refractivity contribution is 7.99. The average molecular weight is 195 g/mol. The van der Waals surface area contributed by atoms with Crippen LogP contribution in [0.4, 0.5) is 0 Å². The molecule has 0 fully saturated rings. The first-order valence-electron chi connectivity index (χ1n) is 3.71. The van der Waals surface area contributed by atoms with Crippen LogP contribution in [0.25, 0.3) is 0 Å². The van der Waals surface area contributed by atoms with E-state index in [1.165, 1.54) is 18.0 Å². The summed E-state index contributed by atoms with van der Waals surface area (Å²) in [6, 6.07) is 1.99. The van der Waals surface area contributed by atoms with Gasteiger partial charge in [-0.3, -0.25) is 0 Å². The Labute approximate surface area is 81.0 Å². The Morgan fingerprint density at radius 1 is 1.54 bits per heavy atom. The summed E-state index contributed by atoms with van der Waals surface area (Å²) in [5, 5.41) is 9.35. The Balaban J connectivity index is 2.60. The van der Waals surface area contributed by atoms with Crippen molar-refractivity contribution in [1.82, 2.24) is 9.97 Å². The Morgan fingerprint density at radius 3 is 3.00 bits per heavy atom. The molecule has 0 unspecified atom stereocenters. The molecule has 0 saturated heterocycles. The van der Waals surface area contributed by atoms with Crippen LogP contribution in [0.1, 0.15) is 5.69 Å². The molecule has 0 aromatic carbocycles. The minimum absolute atomic E-state index is 0.378. The summed E-state index contributed by atoms with van der Waals surface area (Å²) in [5.74, 6) is 0.782. The highest BCUT2D eigenvalue weighted by Crippen LogP contribution is 2.16. The van der Waals surface area contributed by atoms with Crippen LogP contribution in [0.5, 0.6) is 0 Å². The molecule has 4 nitrogen and oxygen atoms in total. The largest absolute Gasteiger partial charge is 0.384 e. The van der Waals surface area contributed by atoms with Gasteiger partial charge in [-0.05, 0) is 0 Å². The number of ether oxygens (including phenoxy) is 1. The van der Waals surface area contributed by atoms with Crippen LogP contribution in [0, 0.1) is 11.3 Å². The first-order valence-corrected chi connectivity index (χ1v) is 4.70. The fraction of sp³-hybridized carbons (Fsp3) is 0.375. The number of nitriles is 1. The van der Waals surface area contributed by atoms with Gasteiger partial charge < -0.3 is 4.74 Å². The maximum Gasteiger partial charge on any atom is 0.172 e. The van der Waals surface area contributed by atoms with Crippen LogP contribution in [0.15, 0.2) is 17.4 Å². The predicted molar refractivity (Wildman–Crippen MR) is 49.3 cm³/mol. The third kappa shape index (κ3) is 3.01. The third-order valence-electron chi connectivity index (χ3n) is 1.30. The summed E-state index contributed by atoms with van der Waals surface area (Å²) in [7, 11) is 1.64. The maximum atomic E-state index is 8.68. The number of hydrogen-bond donors (Lipinski definition) is 0. The van der Waals surface area contributed by atoms with Gasteiger partial charge in [0.05, 0.1) is 6.61 Å². The number of aromatic nitrogens is 2. The van der Waals surface area contributed by atoms with Crippen LogP contribution >= 0.6 is 11.8 Å². The molecule has 0 saturated carbocycles. The second kappa shape index (κ2) is 5.51. The van der Waals surface area contributed by atoms with Crippen LogP contribution in [-0.2, 0) is 4.74 Å². The lowest BCUT2D eigenvalue weighted by Gasteiger charge is -1.99. The number of rotatable bonds is 4. The van der Waals surface area contributed by atoms with Gasteiger partial charge in [0.1, 0.15) is 11.1 Å². The first kappa shape index (κ1) is 9.96. The van der Waals surface area contributed by atoms with E-state index in [0.717, 1.165) is 5.75 Å². The standard InChI is InChI=1S/C8H9N3OS/c1-12-4-5-13-8-7(6-9)10-2-3-11-8/h2-3H,4-5H2,1H3. The predicted octanol–water partition coefficient (Wildman–Crippen LogP) is 1.09. The highest BCUT2D eigenvalue weighted by Gasteiger charge is 2.03. The average Bonchev–Trinajstić information content (AvgIpc) is 2.19. The van der Waals surface area contributed by atoms with Crippen molar-refractivity contribution in [3.05, 3.63) is 18.1 Å². The Kier molecular flexibility index (Phi) is 4.23. The summed E-state index contributed by atoms with van der Waals surface area (Å²) in [6.07, 6.45) is 3.09. The summed E-state index contributed by atoms with van der Waals surface area (Å²) >= 11 is 1.48. The Bertz CT molecular complexity index is 311. The van der Waals surface area contributed by atoms with Crippen molar-refractivity contribution >= 4 is 11.8 Å². The second-order valence-electron chi connectivity index (χ2n) is 2.16. The van der Waals surface area contributed by atoms with Crippen molar-refractivity contribution in [2.45, 2.75) is 5.03 Å². The molecule has 0 aliphatic carbocycles. The minimum atomic E-state index is 0.378. The normalized spacial score (nSPS) is 9.54. The van der Waals surface area contributed by atoms with Gasteiger partial charge in [0.2, 0.25) is 0 Å². The van der Waals surface area contributed by atoms with Crippen molar-refractivity contribution in [2.24, 2.45) is 0 Å². The monoisotopic (exact) mass is 195 g/mol. The van der Waals surface area contributed by atoms with E-state index in [1.54, 1.807) is 13.3 Å². The lowest BCUT2D eigenvalue weighted by molar-refractivity contribution is 0.218. The lowest BCUT2D eigenvalue weighted by Crippen LogP contribution is -1.95.